The van der Waals surface area contributed by atoms with Crippen LogP contribution in [0.1, 0.15) is 6.92 Å². The van der Waals surface area contributed by atoms with Crippen molar-refractivity contribution in [3.05, 3.63) is 36.7 Å². The summed E-state index contributed by atoms with van der Waals surface area (Å²) in [6.07, 6.45) is 3.02. The van der Waals surface area contributed by atoms with Crippen LogP contribution in [0.4, 0.5) is 5.82 Å². The maximum atomic E-state index is 11.7. The Hall–Kier alpha value is -2.28. The second-order valence-electron chi connectivity index (χ2n) is 3.91. The van der Waals surface area contributed by atoms with E-state index in [1.807, 2.05) is 6.92 Å². The van der Waals surface area contributed by atoms with Gasteiger partial charge in [0, 0.05) is 12.4 Å². The van der Waals surface area contributed by atoms with Gasteiger partial charge in [-0.25, -0.2) is 9.97 Å². The zero-order chi connectivity index (χ0) is 15.1. The molecule has 0 amide bonds. The molecule has 0 aliphatic heterocycles. The molecule has 2 N–H and O–H groups in total. The monoisotopic (exact) mass is 305 g/mol. The van der Waals surface area contributed by atoms with E-state index in [-0.39, 0.29) is 11.7 Å². The van der Waals surface area contributed by atoms with Crippen molar-refractivity contribution in [2.24, 2.45) is 0 Å². The molecule has 1 heterocycles. The van der Waals surface area contributed by atoms with Crippen molar-refractivity contribution in [1.29, 1.82) is 0 Å². The highest BCUT2D eigenvalue weighted by Gasteiger charge is 2.09. The topological polar surface area (TPSA) is 87.3 Å². The Morgan fingerprint density at radius 3 is 2.52 bits per heavy atom. The SMILES string of the molecule is CCOc1ccc(OC(=O)CSc2nccnc2N)cc1. The van der Waals surface area contributed by atoms with Gasteiger partial charge < -0.3 is 15.2 Å². The third-order valence-electron chi connectivity index (χ3n) is 2.38. The van der Waals surface area contributed by atoms with Gasteiger partial charge in [0.05, 0.1) is 12.4 Å². The Balaban J connectivity index is 1.85. The van der Waals surface area contributed by atoms with Gasteiger partial charge in [-0.15, -0.1) is 0 Å². The largest absolute Gasteiger partial charge is 0.494 e. The predicted molar refractivity (Wildman–Crippen MR) is 80.4 cm³/mol. The number of nitrogens with two attached hydrogens (primary N) is 1. The lowest BCUT2D eigenvalue weighted by Gasteiger charge is -2.06. The minimum absolute atomic E-state index is 0.107. The number of thioether (sulfide) groups is 1. The summed E-state index contributed by atoms with van der Waals surface area (Å²) in [6, 6.07) is 6.87. The lowest BCUT2D eigenvalue weighted by atomic mass is 10.3. The van der Waals surface area contributed by atoms with Crippen LogP contribution in [-0.2, 0) is 4.79 Å². The van der Waals surface area contributed by atoms with Gasteiger partial charge in [0.1, 0.15) is 16.5 Å². The summed E-state index contributed by atoms with van der Waals surface area (Å²) in [5, 5.41) is 0.515. The van der Waals surface area contributed by atoms with E-state index in [0.29, 0.717) is 23.2 Å². The summed E-state index contributed by atoms with van der Waals surface area (Å²) in [4.78, 5) is 19.7. The molecule has 0 radical (unpaired) electrons. The van der Waals surface area contributed by atoms with Crippen molar-refractivity contribution >= 4 is 23.5 Å². The van der Waals surface area contributed by atoms with E-state index >= 15 is 0 Å². The third-order valence-corrected chi connectivity index (χ3v) is 3.35. The molecule has 6 nitrogen and oxygen atoms in total. The smallest absolute Gasteiger partial charge is 0.321 e. The van der Waals surface area contributed by atoms with E-state index in [4.69, 9.17) is 15.2 Å². The number of ether oxygens (including phenoxy) is 2. The molecule has 2 rings (SSSR count). The van der Waals surface area contributed by atoms with Gasteiger partial charge in [-0.2, -0.15) is 0 Å². The van der Waals surface area contributed by atoms with Crippen molar-refractivity contribution in [2.75, 3.05) is 18.1 Å². The van der Waals surface area contributed by atoms with Crippen LogP contribution in [0, 0.1) is 0 Å². The number of carbonyl (C=O) groups is 1. The van der Waals surface area contributed by atoms with Crippen LogP contribution in [0.15, 0.2) is 41.7 Å². The molecule has 0 saturated heterocycles. The second-order valence-corrected chi connectivity index (χ2v) is 4.88. The molecule has 0 aliphatic rings. The molecule has 1 aromatic carbocycles. The van der Waals surface area contributed by atoms with Crippen molar-refractivity contribution in [1.82, 2.24) is 9.97 Å². The van der Waals surface area contributed by atoms with Gasteiger partial charge in [-0.05, 0) is 31.2 Å². The number of carbonyl (C=O) groups excluding carboxylic acids is 1. The molecule has 0 spiro atoms. The highest BCUT2D eigenvalue weighted by molar-refractivity contribution is 8.00. The Labute approximate surface area is 126 Å². The van der Waals surface area contributed by atoms with Gasteiger partial charge in [-0.1, -0.05) is 11.8 Å². The number of anilines is 1. The van der Waals surface area contributed by atoms with Crippen LogP contribution in [0.2, 0.25) is 0 Å². The van der Waals surface area contributed by atoms with Crippen molar-refractivity contribution in [2.45, 2.75) is 11.9 Å². The first-order valence-electron chi connectivity index (χ1n) is 6.32. The number of benzene rings is 1. The number of esters is 1. The first kappa shape index (κ1) is 15.1. The molecule has 0 fully saturated rings. The number of hydrogen-bond donors (Lipinski definition) is 1. The zero-order valence-corrected chi connectivity index (χ0v) is 12.3. The minimum Gasteiger partial charge on any atom is -0.494 e. The van der Waals surface area contributed by atoms with Crippen molar-refractivity contribution in [3.63, 3.8) is 0 Å². The van der Waals surface area contributed by atoms with Gasteiger partial charge in [0.15, 0.2) is 5.82 Å². The molecule has 0 saturated carbocycles. The molecular formula is C14H15N3O3S. The fourth-order valence-electron chi connectivity index (χ4n) is 1.51. The Bertz CT molecular complexity index is 605. The molecule has 2 aromatic rings. The summed E-state index contributed by atoms with van der Waals surface area (Å²) < 4.78 is 10.5. The maximum Gasteiger partial charge on any atom is 0.321 e. The van der Waals surface area contributed by atoms with Crippen LogP contribution < -0.4 is 15.2 Å². The number of nitrogens with zero attached hydrogens (tertiary/aromatic N) is 2. The average molecular weight is 305 g/mol. The van der Waals surface area contributed by atoms with Crippen LogP contribution >= 0.6 is 11.8 Å². The fraction of sp³-hybridized carbons (Fsp3) is 0.214. The van der Waals surface area contributed by atoms with E-state index in [2.05, 4.69) is 9.97 Å². The van der Waals surface area contributed by atoms with Crippen molar-refractivity contribution in [3.8, 4) is 11.5 Å². The Kier molecular flexibility index (Phi) is 5.39. The van der Waals surface area contributed by atoms with Crippen LogP contribution in [0.25, 0.3) is 0 Å². The third kappa shape index (κ3) is 4.64. The number of hydrogen-bond acceptors (Lipinski definition) is 7. The molecule has 0 unspecified atom stereocenters. The first-order chi connectivity index (χ1) is 10.2. The highest BCUT2D eigenvalue weighted by atomic mass is 32.2. The standard InChI is InChI=1S/C14H15N3O3S/c1-2-19-10-3-5-11(6-4-10)20-12(18)9-21-14-13(15)16-7-8-17-14/h3-8H,2,9H2,1H3,(H2,15,16). The lowest BCUT2D eigenvalue weighted by Crippen LogP contribution is -2.11. The molecule has 1 aromatic heterocycles. The highest BCUT2D eigenvalue weighted by Crippen LogP contribution is 2.21. The summed E-state index contributed by atoms with van der Waals surface area (Å²) in [6.45, 7) is 2.50. The van der Waals surface area contributed by atoms with E-state index in [1.165, 1.54) is 24.2 Å². The summed E-state index contributed by atoms with van der Waals surface area (Å²) in [5.74, 6) is 1.23. The zero-order valence-electron chi connectivity index (χ0n) is 11.5. The van der Waals surface area contributed by atoms with Gasteiger partial charge in [0.25, 0.3) is 0 Å². The van der Waals surface area contributed by atoms with Gasteiger partial charge >= 0.3 is 5.97 Å². The Morgan fingerprint density at radius 2 is 1.86 bits per heavy atom. The Morgan fingerprint density at radius 1 is 1.19 bits per heavy atom. The maximum absolute atomic E-state index is 11.7. The molecule has 0 atom stereocenters. The molecule has 21 heavy (non-hydrogen) atoms. The second kappa shape index (κ2) is 7.49. The molecule has 0 bridgehead atoms. The van der Waals surface area contributed by atoms with Gasteiger partial charge in [-0.3, -0.25) is 4.79 Å². The van der Waals surface area contributed by atoms with Gasteiger partial charge in [0.2, 0.25) is 0 Å². The molecular weight excluding hydrogens is 290 g/mol. The van der Waals surface area contributed by atoms with E-state index in [9.17, 15) is 4.79 Å². The number of nitrogen functional groups attached to an aromatic ring is 1. The van der Waals surface area contributed by atoms with E-state index in [0.717, 1.165) is 5.75 Å². The average Bonchev–Trinajstić information content (AvgIpc) is 2.49. The van der Waals surface area contributed by atoms with Crippen molar-refractivity contribution < 1.29 is 14.3 Å². The summed E-state index contributed by atoms with van der Waals surface area (Å²) >= 11 is 1.19. The van der Waals surface area contributed by atoms with Crippen LogP contribution in [-0.4, -0.2) is 28.3 Å². The fourth-order valence-corrected chi connectivity index (χ4v) is 2.16. The number of aromatic nitrogens is 2. The molecule has 110 valence electrons. The molecule has 7 heteroatoms. The molecule has 0 aliphatic carbocycles. The normalized spacial score (nSPS) is 10.1. The summed E-state index contributed by atoms with van der Waals surface area (Å²) in [5.41, 5.74) is 5.64. The predicted octanol–water partition coefficient (Wildman–Crippen LogP) is 2.16. The van der Waals surface area contributed by atoms with E-state index < -0.39 is 0 Å². The lowest BCUT2D eigenvalue weighted by molar-refractivity contribution is -0.131. The first-order valence-corrected chi connectivity index (χ1v) is 7.30. The summed E-state index contributed by atoms with van der Waals surface area (Å²) in [7, 11) is 0. The number of rotatable bonds is 6. The van der Waals surface area contributed by atoms with Crippen LogP contribution in [0.5, 0.6) is 11.5 Å². The minimum atomic E-state index is -0.380. The quantitative estimate of drug-likeness (QED) is 0.497. The van der Waals surface area contributed by atoms with Crippen LogP contribution in [0.3, 0.4) is 0 Å². The van der Waals surface area contributed by atoms with E-state index in [1.54, 1.807) is 24.3 Å².